The second-order valence-corrected chi connectivity index (χ2v) is 7.43. The van der Waals surface area contributed by atoms with E-state index >= 15 is 0 Å². The molecule has 0 radical (unpaired) electrons. The van der Waals surface area contributed by atoms with Crippen molar-refractivity contribution in [3.05, 3.63) is 63.4 Å². The highest BCUT2D eigenvalue weighted by Crippen LogP contribution is 2.22. The number of H-pyrrole nitrogens is 1. The number of hydrogen-bond acceptors (Lipinski definition) is 6. The highest BCUT2D eigenvalue weighted by Gasteiger charge is 2.14. The van der Waals surface area contributed by atoms with Crippen molar-refractivity contribution >= 4 is 51.8 Å². The van der Waals surface area contributed by atoms with Gasteiger partial charge in [-0.25, -0.2) is 9.78 Å². The van der Waals surface area contributed by atoms with E-state index in [4.69, 9.17) is 16.3 Å². The van der Waals surface area contributed by atoms with Crippen molar-refractivity contribution in [3.8, 4) is 0 Å². The van der Waals surface area contributed by atoms with Crippen molar-refractivity contribution in [3.63, 3.8) is 0 Å². The molecule has 9 heteroatoms. The summed E-state index contributed by atoms with van der Waals surface area (Å²) in [5, 5.41) is 3.78. The molecule has 7 nitrogen and oxygen atoms in total. The van der Waals surface area contributed by atoms with Crippen LogP contribution >= 0.6 is 23.4 Å². The van der Waals surface area contributed by atoms with Gasteiger partial charge >= 0.3 is 5.97 Å². The minimum absolute atomic E-state index is 0.0273. The first kappa shape index (κ1) is 20.9. The number of fused-ring (bicyclic) bond motifs is 1. The van der Waals surface area contributed by atoms with E-state index in [1.54, 1.807) is 30.3 Å². The second-order valence-electron chi connectivity index (χ2n) is 6.06. The third-order valence-corrected chi connectivity index (χ3v) is 5.04. The van der Waals surface area contributed by atoms with Crippen molar-refractivity contribution in [2.24, 2.45) is 0 Å². The zero-order valence-electron chi connectivity index (χ0n) is 15.5. The first-order valence-corrected chi connectivity index (χ1v) is 10.2. The van der Waals surface area contributed by atoms with Gasteiger partial charge in [-0.05, 0) is 36.8 Å². The summed E-state index contributed by atoms with van der Waals surface area (Å²) >= 11 is 7.16. The summed E-state index contributed by atoms with van der Waals surface area (Å²) in [5.41, 5.74) is 0.910. The van der Waals surface area contributed by atoms with Crippen LogP contribution in [0.5, 0.6) is 0 Å². The first-order chi connectivity index (χ1) is 14.0. The summed E-state index contributed by atoms with van der Waals surface area (Å²) in [7, 11) is 0. The third kappa shape index (κ3) is 5.36. The number of halogens is 1. The Morgan fingerprint density at radius 3 is 2.83 bits per heavy atom. The fourth-order valence-corrected chi connectivity index (χ4v) is 3.36. The van der Waals surface area contributed by atoms with Crippen molar-refractivity contribution in [1.82, 2.24) is 9.97 Å². The lowest BCUT2D eigenvalue weighted by Gasteiger charge is -2.09. The van der Waals surface area contributed by atoms with Crippen molar-refractivity contribution < 1.29 is 14.3 Å². The summed E-state index contributed by atoms with van der Waals surface area (Å²) in [6, 6.07) is 11.6. The van der Waals surface area contributed by atoms with Gasteiger partial charge in [0.15, 0.2) is 5.16 Å². The summed E-state index contributed by atoms with van der Waals surface area (Å²) in [5.74, 6) is -0.833. The van der Waals surface area contributed by atoms with E-state index in [2.05, 4.69) is 15.3 Å². The van der Waals surface area contributed by atoms with Crippen LogP contribution in [0.2, 0.25) is 5.02 Å². The quantitative estimate of drug-likeness (QED) is 0.334. The molecule has 2 aromatic carbocycles. The number of aromatic nitrogens is 2. The lowest BCUT2D eigenvalue weighted by molar-refractivity contribution is -0.113. The summed E-state index contributed by atoms with van der Waals surface area (Å²) in [4.78, 5) is 43.4. The minimum Gasteiger partial charge on any atom is -0.462 e. The number of esters is 1. The largest absolute Gasteiger partial charge is 0.462 e. The number of ether oxygens (including phenoxy) is 1. The van der Waals surface area contributed by atoms with Gasteiger partial charge < -0.3 is 15.0 Å². The number of benzene rings is 2. The molecule has 0 aliphatic carbocycles. The molecule has 3 rings (SSSR count). The maximum absolute atomic E-state index is 12.3. The fraction of sp³-hybridized carbons (Fsp3) is 0.200. The molecule has 0 saturated heterocycles. The molecule has 0 spiro atoms. The van der Waals surface area contributed by atoms with Gasteiger partial charge in [0.25, 0.3) is 5.56 Å². The molecule has 1 aromatic heterocycles. The number of carbonyl (C=O) groups is 2. The smallest absolute Gasteiger partial charge is 0.339 e. The normalized spacial score (nSPS) is 10.7. The molecule has 150 valence electrons. The number of nitrogens with zero attached hydrogens (tertiary/aromatic N) is 1. The maximum Gasteiger partial charge on any atom is 0.339 e. The molecule has 1 amide bonds. The number of carbonyl (C=O) groups excluding carboxylic acids is 2. The Bertz CT molecular complexity index is 1120. The molecule has 2 N–H and O–H groups in total. The number of anilines is 1. The molecule has 0 aliphatic heterocycles. The van der Waals surface area contributed by atoms with Crippen LogP contribution in [0.4, 0.5) is 5.69 Å². The van der Waals surface area contributed by atoms with E-state index in [0.29, 0.717) is 34.8 Å². The number of hydrogen-bond donors (Lipinski definition) is 2. The predicted octanol–water partition coefficient (Wildman–Crippen LogP) is 3.87. The summed E-state index contributed by atoms with van der Waals surface area (Å²) < 4.78 is 5.09. The summed E-state index contributed by atoms with van der Waals surface area (Å²) in [6.07, 6.45) is 0.696. The van der Waals surface area contributed by atoms with E-state index in [0.717, 1.165) is 11.8 Å². The zero-order chi connectivity index (χ0) is 20.8. The molecule has 0 atom stereocenters. The predicted molar refractivity (Wildman–Crippen MR) is 114 cm³/mol. The first-order valence-electron chi connectivity index (χ1n) is 8.86. The van der Waals surface area contributed by atoms with Gasteiger partial charge in [0.1, 0.15) is 0 Å². The van der Waals surface area contributed by atoms with Gasteiger partial charge in [-0.15, -0.1) is 0 Å². The number of para-hydroxylation sites is 1. The van der Waals surface area contributed by atoms with Crippen molar-refractivity contribution in [2.75, 3.05) is 17.7 Å². The summed E-state index contributed by atoms with van der Waals surface area (Å²) in [6.45, 7) is 2.18. The standard InChI is InChI=1S/C20H18ClN3O4S/c1-2-9-28-19(27)14-10-12(7-8-15(14)21)22-17(25)11-29-20-23-16-6-4-3-5-13(16)18(26)24-20/h3-8,10H,2,9,11H2,1H3,(H,22,25)(H,23,24,26). The van der Waals surface area contributed by atoms with E-state index < -0.39 is 5.97 Å². The van der Waals surface area contributed by atoms with Crippen LogP contribution in [0.1, 0.15) is 23.7 Å². The SMILES string of the molecule is CCCOC(=O)c1cc(NC(=O)CSc2nc3ccccc3c(=O)[nH]2)ccc1Cl. The Kier molecular flexibility index (Phi) is 6.90. The van der Waals surface area contributed by atoms with Crippen LogP contribution in [-0.2, 0) is 9.53 Å². The second kappa shape index (κ2) is 9.58. The van der Waals surface area contributed by atoms with Crippen LogP contribution in [0.3, 0.4) is 0 Å². The van der Waals surface area contributed by atoms with Crippen LogP contribution < -0.4 is 10.9 Å². The third-order valence-electron chi connectivity index (χ3n) is 3.84. The molecule has 1 heterocycles. The van der Waals surface area contributed by atoms with E-state index in [1.165, 1.54) is 12.1 Å². The minimum atomic E-state index is -0.541. The average molecular weight is 432 g/mol. The van der Waals surface area contributed by atoms with Crippen LogP contribution in [-0.4, -0.2) is 34.2 Å². The zero-order valence-corrected chi connectivity index (χ0v) is 17.1. The Hall–Kier alpha value is -2.84. The Balaban J connectivity index is 1.65. The molecule has 3 aromatic rings. The van der Waals surface area contributed by atoms with E-state index in [-0.39, 0.29) is 27.8 Å². The lowest BCUT2D eigenvalue weighted by atomic mass is 10.2. The highest BCUT2D eigenvalue weighted by molar-refractivity contribution is 7.99. The molecular formula is C20H18ClN3O4S. The molecular weight excluding hydrogens is 414 g/mol. The van der Waals surface area contributed by atoms with Crippen LogP contribution in [0, 0.1) is 0 Å². The number of rotatable bonds is 7. The van der Waals surface area contributed by atoms with Crippen LogP contribution in [0.25, 0.3) is 10.9 Å². The van der Waals surface area contributed by atoms with Gasteiger partial charge in [-0.3, -0.25) is 9.59 Å². The number of aromatic amines is 1. The van der Waals surface area contributed by atoms with Gasteiger partial charge in [0, 0.05) is 5.69 Å². The Morgan fingerprint density at radius 2 is 2.03 bits per heavy atom. The lowest BCUT2D eigenvalue weighted by Crippen LogP contribution is -2.16. The maximum atomic E-state index is 12.3. The number of nitrogens with one attached hydrogen (secondary N) is 2. The van der Waals surface area contributed by atoms with Gasteiger partial charge in [-0.1, -0.05) is 42.4 Å². The number of amides is 1. The topological polar surface area (TPSA) is 101 Å². The average Bonchev–Trinajstić information content (AvgIpc) is 2.72. The molecule has 0 saturated carbocycles. The highest BCUT2D eigenvalue weighted by atomic mass is 35.5. The Labute approximate surface area is 175 Å². The molecule has 0 fully saturated rings. The Morgan fingerprint density at radius 1 is 1.24 bits per heavy atom. The fourth-order valence-electron chi connectivity index (χ4n) is 2.50. The molecule has 0 unspecified atom stereocenters. The molecule has 0 aliphatic rings. The van der Waals surface area contributed by atoms with Crippen molar-refractivity contribution in [2.45, 2.75) is 18.5 Å². The number of thioether (sulfide) groups is 1. The monoisotopic (exact) mass is 431 g/mol. The van der Waals surface area contributed by atoms with Crippen LogP contribution in [0.15, 0.2) is 52.4 Å². The van der Waals surface area contributed by atoms with E-state index in [1.807, 2.05) is 6.92 Å². The van der Waals surface area contributed by atoms with E-state index in [9.17, 15) is 14.4 Å². The molecule has 0 bridgehead atoms. The molecule has 29 heavy (non-hydrogen) atoms. The van der Waals surface area contributed by atoms with Crippen molar-refractivity contribution in [1.29, 1.82) is 0 Å². The van der Waals surface area contributed by atoms with Gasteiger partial charge in [-0.2, -0.15) is 0 Å². The van der Waals surface area contributed by atoms with Gasteiger partial charge in [0.05, 0.1) is 33.8 Å². The van der Waals surface area contributed by atoms with Gasteiger partial charge in [0.2, 0.25) is 5.91 Å².